The van der Waals surface area contributed by atoms with Gasteiger partial charge in [-0.2, -0.15) is 0 Å². The lowest BCUT2D eigenvalue weighted by Crippen LogP contribution is -2.47. The third kappa shape index (κ3) is 4.57. The van der Waals surface area contributed by atoms with Crippen LogP contribution in [0.15, 0.2) is 24.3 Å². The predicted molar refractivity (Wildman–Crippen MR) is 102 cm³/mol. The number of ether oxygens (including phenoxy) is 2. The first-order chi connectivity index (χ1) is 12.6. The fourth-order valence-corrected chi connectivity index (χ4v) is 4.27. The monoisotopic (exact) mass is 360 g/mol. The summed E-state index contributed by atoms with van der Waals surface area (Å²) >= 11 is 0. The Balaban J connectivity index is 1.68. The van der Waals surface area contributed by atoms with Crippen molar-refractivity contribution >= 4 is 5.91 Å². The van der Waals surface area contributed by atoms with Gasteiger partial charge in [0.1, 0.15) is 5.75 Å². The molecular weight excluding hydrogens is 328 g/mol. The van der Waals surface area contributed by atoms with Crippen LogP contribution in [-0.2, 0) is 14.9 Å². The van der Waals surface area contributed by atoms with Gasteiger partial charge in [0.05, 0.1) is 6.61 Å². The molecule has 0 bridgehead atoms. The molecule has 2 aliphatic rings. The van der Waals surface area contributed by atoms with E-state index in [0.717, 1.165) is 57.5 Å². The molecule has 1 aliphatic heterocycles. The highest BCUT2D eigenvalue weighted by Gasteiger charge is 2.36. The molecule has 1 heterocycles. The fraction of sp³-hybridized carbons (Fsp3) is 0.667. The maximum absolute atomic E-state index is 12.7. The number of rotatable bonds is 6. The van der Waals surface area contributed by atoms with Gasteiger partial charge in [0, 0.05) is 37.1 Å². The first-order valence-electron chi connectivity index (χ1n) is 9.97. The summed E-state index contributed by atoms with van der Waals surface area (Å²) in [4.78, 5) is 12.7. The smallest absolute Gasteiger partial charge is 0.223 e. The first-order valence-corrected chi connectivity index (χ1v) is 9.97. The summed E-state index contributed by atoms with van der Waals surface area (Å²) in [6.45, 7) is 4.78. The van der Waals surface area contributed by atoms with Crippen LogP contribution in [0.3, 0.4) is 0 Å². The van der Waals surface area contributed by atoms with Gasteiger partial charge in [-0.15, -0.1) is 0 Å². The Morgan fingerprint density at radius 1 is 1.27 bits per heavy atom. The van der Waals surface area contributed by atoms with E-state index in [1.165, 1.54) is 5.56 Å². The number of benzene rings is 1. The maximum Gasteiger partial charge on any atom is 0.223 e. The van der Waals surface area contributed by atoms with E-state index in [4.69, 9.17) is 15.2 Å². The molecular formula is C21H32N2O3. The van der Waals surface area contributed by atoms with Crippen molar-refractivity contribution in [2.75, 3.05) is 26.4 Å². The highest BCUT2D eigenvalue weighted by Crippen LogP contribution is 2.35. The van der Waals surface area contributed by atoms with E-state index in [-0.39, 0.29) is 23.3 Å². The molecule has 5 nitrogen and oxygen atoms in total. The van der Waals surface area contributed by atoms with Crippen molar-refractivity contribution in [1.29, 1.82) is 0 Å². The third-order valence-corrected chi connectivity index (χ3v) is 5.91. The topological polar surface area (TPSA) is 73.6 Å². The lowest BCUT2D eigenvalue weighted by Gasteiger charge is -2.38. The molecule has 1 saturated heterocycles. The van der Waals surface area contributed by atoms with Gasteiger partial charge < -0.3 is 20.5 Å². The normalized spacial score (nSPS) is 25.5. The molecule has 1 aromatic rings. The van der Waals surface area contributed by atoms with Crippen molar-refractivity contribution in [3.05, 3.63) is 29.8 Å². The number of nitrogens with one attached hydrogen (secondary N) is 1. The van der Waals surface area contributed by atoms with Crippen LogP contribution >= 0.6 is 0 Å². The summed E-state index contributed by atoms with van der Waals surface area (Å²) in [5, 5.41) is 3.24. The number of nitrogens with two attached hydrogens (primary N) is 1. The van der Waals surface area contributed by atoms with E-state index in [2.05, 4.69) is 17.4 Å². The summed E-state index contributed by atoms with van der Waals surface area (Å²) in [5.74, 6) is 1.12. The van der Waals surface area contributed by atoms with Crippen LogP contribution in [0.25, 0.3) is 0 Å². The zero-order chi connectivity index (χ0) is 18.4. The molecule has 144 valence electrons. The molecule has 2 atom stereocenters. The second-order valence-electron chi connectivity index (χ2n) is 7.69. The van der Waals surface area contributed by atoms with Gasteiger partial charge in [-0.25, -0.2) is 0 Å². The maximum atomic E-state index is 12.7. The minimum absolute atomic E-state index is 0.0601. The number of hydrogen-bond acceptors (Lipinski definition) is 4. The molecule has 0 radical (unpaired) electrons. The van der Waals surface area contributed by atoms with Crippen molar-refractivity contribution < 1.29 is 14.3 Å². The predicted octanol–water partition coefficient (Wildman–Crippen LogP) is 2.77. The van der Waals surface area contributed by atoms with Crippen LogP contribution in [0.1, 0.15) is 51.0 Å². The number of hydrogen-bond donors (Lipinski definition) is 2. The van der Waals surface area contributed by atoms with Crippen LogP contribution in [0.5, 0.6) is 5.75 Å². The Labute approximate surface area is 156 Å². The fourth-order valence-electron chi connectivity index (χ4n) is 4.27. The average Bonchev–Trinajstić information content (AvgIpc) is 2.68. The quantitative estimate of drug-likeness (QED) is 0.818. The Bertz CT molecular complexity index is 581. The van der Waals surface area contributed by atoms with Gasteiger partial charge in [0.25, 0.3) is 0 Å². The summed E-state index contributed by atoms with van der Waals surface area (Å²) in [7, 11) is 0. The SMILES string of the molecule is CCOc1ccc(C2(CNC(=O)C3CCCC(N)C3)CCOCC2)cc1. The molecule has 0 aromatic heterocycles. The van der Waals surface area contributed by atoms with Gasteiger partial charge in [-0.3, -0.25) is 4.79 Å². The number of carbonyl (C=O) groups excluding carboxylic acids is 1. The first kappa shape index (κ1) is 19.2. The zero-order valence-corrected chi connectivity index (χ0v) is 15.8. The highest BCUT2D eigenvalue weighted by molar-refractivity contribution is 5.79. The van der Waals surface area contributed by atoms with E-state index in [1.807, 2.05) is 19.1 Å². The van der Waals surface area contributed by atoms with E-state index >= 15 is 0 Å². The average molecular weight is 360 g/mol. The molecule has 26 heavy (non-hydrogen) atoms. The molecule has 1 saturated carbocycles. The Kier molecular flexibility index (Phi) is 6.54. The second kappa shape index (κ2) is 8.87. The minimum Gasteiger partial charge on any atom is -0.494 e. The molecule has 0 spiro atoms. The molecule has 1 amide bonds. The van der Waals surface area contributed by atoms with Gasteiger partial charge in [0.2, 0.25) is 5.91 Å². The van der Waals surface area contributed by atoms with Gasteiger partial charge >= 0.3 is 0 Å². The molecule has 2 fully saturated rings. The highest BCUT2D eigenvalue weighted by atomic mass is 16.5. The summed E-state index contributed by atoms with van der Waals surface area (Å²) < 4.78 is 11.2. The van der Waals surface area contributed by atoms with Gasteiger partial charge in [-0.1, -0.05) is 18.6 Å². The Hall–Kier alpha value is -1.59. The molecule has 1 aromatic carbocycles. The van der Waals surface area contributed by atoms with Crippen molar-refractivity contribution in [3.63, 3.8) is 0 Å². The lowest BCUT2D eigenvalue weighted by molar-refractivity contribution is -0.126. The standard InChI is InChI=1S/C21H32N2O3/c1-2-26-19-8-6-17(7-9-19)21(10-12-25-13-11-21)15-23-20(24)16-4-3-5-18(22)14-16/h6-9,16,18H,2-5,10-15,22H2,1H3,(H,23,24). The van der Waals surface area contributed by atoms with E-state index in [0.29, 0.717) is 13.2 Å². The molecule has 1 aliphatic carbocycles. The van der Waals surface area contributed by atoms with Crippen LogP contribution in [0.2, 0.25) is 0 Å². The summed E-state index contributed by atoms with van der Waals surface area (Å²) in [5.41, 5.74) is 7.24. The Morgan fingerprint density at radius 2 is 2.00 bits per heavy atom. The van der Waals surface area contributed by atoms with Crippen LogP contribution in [-0.4, -0.2) is 38.3 Å². The molecule has 3 N–H and O–H groups in total. The van der Waals surface area contributed by atoms with Crippen LogP contribution < -0.4 is 15.8 Å². The third-order valence-electron chi connectivity index (χ3n) is 5.91. The van der Waals surface area contributed by atoms with Crippen molar-refractivity contribution in [2.45, 2.75) is 56.9 Å². The van der Waals surface area contributed by atoms with Crippen molar-refractivity contribution in [3.8, 4) is 5.75 Å². The lowest BCUT2D eigenvalue weighted by atomic mass is 9.74. The molecule has 5 heteroatoms. The number of amides is 1. The second-order valence-corrected chi connectivity index (χ2v) is 7.69. The van der Waals surface area contributed by atoms with Gasteiger partial charge in [0.15, 0.2) is 0 Å². The molecule has 2 unspecified atom stereocenters. The van der Waals surface area contributed by atoms with Crippen molar-refractivity contribution in [2.24, 2.45) is 11.7 Å². The van der Waals surface area contributed by atoms with E-state index < -0.39 is 0 Å². The number of carbonyl (C=O) groups is 1. The minimum atomic E-state index is -0.0601. The van der Waals surface area contributed by atoms with Crippen molar-refractivity contribution in [1.82, 2.24) is 5.32 Å². The largest absolute Gasteiger partial charge is 0.494 e. The molecule has 3 rings (SSSR count). The summed E-state index contributed by atoms with van der Waals surface area (Å²) in [6, 6.07) is 8.50. The van der Waals surface area contributed by atoms with E-state index in [1.54, 1.807) is 0 Å². The summed E-state index contributed by atoms with van der Waals surface area (Å²) in [6.07, 6.45) is 5.70. The Morgan fingerprint density at radius 3 is 2.65 bits per heavy atom. The van der Waals surface area contributed by atoms with E-state index in [9.17, 15) is 4.79 Å². The zero-order valence-electron chi connectivity index (χ0n) is 15.8. The van der Waals surface area contributed by atoms with Crippen LogP contribution in [0.4, 0.5) is 0 Å². The van der Waals surface area contributed by atoms with Gasteiger partial charge in [-0.05, 0) is 56.7 Å². The van der Waals surface area contributed by atoms with Crippen LogP contribution in [0, 0.1) is 5.92 Å².